The standard InChI is InChI=1S/C22H38N4O4/c1-21(2,3)30-20(27)25-13-9-12-24-19(23-6)26-15-22(4,5)16-10-11-17(28-7)18(14-16)29-8/h10-11,14H,9,12-13,15H2,1-8H3,(H,25,27)(H2,23,24,26). The number of hydrogen-bond acceptors (Lipinski definition) is 5. The Hall–Kier alpha value is -2.64. The van der Waals surface area contributed by atoms with Gasteiger partial charge in [-0.1, -0.05) is 19.9 Å². The van der Waals surface area contributed by atoms with Crippen LogP contribution < -0.4 is 25.4 Å². The SMILES string of the molecule is CN=C(NCCCNC(=O)OC(C)(C)C)NCC(C)(C)c1ccc(OC)c(OC)c1. The van der Waals surface area contributed by atoms with Crippen LogP contribution in [0.15, 0.2) is 23.2 Å². The summed E-state index contributed by atoms with van der Waals surface area (Å²) in [6.45, 7) is 11.7. The third kappa shape index (κ3) is 8.80. The number of carbonyl (C=O) groups excluding carboxylic acids is 1. The molecule has 0 unspecified atom stereocenters. The molecule has 0 aliphatic heterocycles. The Labute approximate surface area is 180 Å². The van der Waals surface area contributed by atoms with Crippen molar-refractivity contribution in [2.75, 3.05) is 40.9 Å². The minimum Gasteiger partial charge on any atom is -0.493 e. The van der Waals surface area contributed by atoms with Gasteiger partial charge in [-0.3, -0.25) is 4.99 Å². The predicted octanol–water partition coefficient (Wildman–Crippen LogP) is 3.06. The van der Waals surface area contributed by atoms with Crippen LogP contribution in [0.3, 0.4) is 0 Å². The Morgan fingerprint density at radius 2 is 1.60 bits per heavy atom. The van der Waals surface area contributed by atoms with E-state index in [2.05, 4.69) is 34.8 Å². The lowest BCUT2D eigenvalue weighted by Crippen LogP contribution is -2.44. The Morgan fingerprint density at radius 3 is 2.17 bits per heavy atom. The molecule has 1 rings (SSSR count). The summed E-state index contributed by atoms with van der Waals surface area (Å²) in [5.74, 6) is 2.13. The first-order valence-electron chi connectivity index (χ1n) is 10.2. The summed E-state index contributed by atoms with van der Waals surface area (Å²) in [4.78, 5) is 15.9. The van der Waals surface area contributed by atoms with Crippen molar-refractivity contribution in [1.82, 2.24) is 16.0 Å². The van der Waals surface area contributed by atoms with Gasteiger partial charge < -0.3 is 30.2 Å². The van der Waals surface area contributed by atoms with Crippen molar-refractivity contribution < 1.29 is 19.0 Å². The second-order valence-corrected chi connectivity index (χ2v) is 8.59. The van der Waals surface area contributed by atoms with Crippen LogP contribution in [0.1, 0.15) is 46.6 Å². The lowest BCUT2D eigenvalue weighted by Gasteiger charge is -2.27. The normalized spacial score (nSPS) is 12.2. The summed E-state index contributed by atoms with van der Waals surface area (Å²) in [6.07, 6.45) is 0.348. The molecule has 0 atom stereocenters. The molecule has 1 aromatic carbocycles. The summed E-state index contributed by atoms with van der Waals surface area (Å²) < 4.78 is 15.9. The molecule has 30 heavy (non-hydrogen) atoms. The second kappa shape index (κ2) is 11.5. The third-order valence-corrected chi connectivity index (χ3v) is 4.40. The summed E-state index contributed by atoms with van der Waals surface area (Å²) in [5, 5.41) is 9.36. The van der Waals surface area contributed by atoms with E-state index in [9.17, 15) is 4.79 Å². The van der Waals surface area contributed by atoms with Gasteiger partial charge in [0.25, 0.3) is 0 Å². The topological polar surface area (TPSA) is 93.2 Å². The van der Waals surface area contributed by atoms with E-state index in [-0.39, 0.29) is 5.41 Å². The van der Waals surface area contributed by atoms with Crippen LogP contribution in [0.5, 0.6) is 11.5 Å². The predicted molar refractivity (Wildman–Crippen MR) is 121 cm³/mol. The van der Waals surface area contributed by atoms with Crippen LogP contribution >= 0.6 is 0 Å². The summed E-state index contributed by atoms with van der Waals surface area (Å²) >= 11 is 0. The van der Waals surface area contributed by atoms with Gasteiger partial charge in [-0.15, -0.1) is 0 Å². The Kier molecular flexibility index (Phi) is 9.75. The molecule has 0 spiro atoms. The number of guanidine groups is 1. The van der Waals surface area contributed by atoms with E-state index in [1.54, 1.807) is 21.3 Å². The van der Waals surface area contributed by atoms with Gasteiger partial charge in [-0.2, -0.15) is 0 Å². The molecule has 0 bridgehead atoms. The Balaban J connectivity index is 2.47. The van der Waals surface area contributed by atoms with Crippen molar-refractivity contribution in [1.29, 1.82) is 0 Å². The van der Waals surface area contributed by atoms with Crippen molar-refractivity contribution in [2.24, 2.45) is 4.99 Å². The Morgan fingerprint density at radius 1 is 0.967 bits per heavy atom. The molecule has 0 fully saturated rings. The monoisotopic (exact) mass is 422 g/mol. The fourth-order valence-corrected chi connectivity index (χ4v) is 2.68. The highest BCUT2D eigenvalue weighted by Crippen LogP contribution is 2.32. The number of hydrogen-bond donors (Lipinski definition) is 3. The van der Waals surface area contributed by atoms with E-state index in [0.717, 1.165) is 12.0 Å². The highest BCUT2D eigenvalue weighted by atomic mass is 16.6. The highest BCUT2D eigenvalue weighted by molar-refractivity contribution is 5.79. The number of ether oxygens (including phenoxy) is 3. The maximum absolute atomic E-state index is 11.6. The van der Waals surface area contributed by atoms with E-state index < -0.39 is 11.7 Å². The van der Waals surface area contributed by atoms with Gasteiger partial charge in [0.05, 0.1) is 14.2 Å². The summed E-state index contributed by atoms with van der Waals surface area (Å²) in [5.41, 5.74) is 0.481. The van der Waals surface area contributed by atoms with Crippen LogP contribution in [0.4, 0.5) is 4.79 Å². The fraction of sp³-hybridized carbons (Fsp3) is 0.636. The number of methoxy groups -OCH3 is 2. The minimum atomic E-state index is -0.491. The zero-order valence-electron chi connectivity index (χ0n) is 19.6. The first-order valence-corrected chi connectivity index (χ1v) is 10.2. The van der Waals surface area contributed by atoms with Gasteiger partial charge in [0.15, 0.2) is 17.5 Å². The molecular formula is C22H38N4O4. The van der Waals surface area contributed by atoms with Crippen molar-refractivity contribution in [2.45, 2.75) is 52.1 Å². The third-order valence-electron chi connectivity index (χ3n) is 4.40. The van der Waals surface area contributed by atoms with Crippen LogP contribution in [0, 0.1) is 0 Å². The van der Waals surface area contributed by atoms with Crippen LogP contribution in [0.25, 0.3) is 0 Å². The molecule has 0 aliphatic carbocycles. The first-order chi connectivity index (χ1) is 14.0. The lowest BCUT2D eigenvalue weighted by atomic mass is 9.84. The number of rotatable bonds is 9. The number of alkyl carbamates (subject to hydrolysis) is 1. The molecule has 8 nitrogen and oxygen atoms in total. The van der Waals surface area contributed by atoms with Gasteiger partial charge in [-0.05, 0) is 44.9 Å². The van der Waals surface area contributed by atoms with E-state index >= 15 is 0 Å². The van der Waals surface area contributed by atoms with Crippen molar-refractivity contribution in [3.8, 4) is 11.5 Å². The first kappa shape index (κ1) is 25.4. The second-order valence-electron chi connectivity index (χ2n) is 8.59. The zero-order valence-corrected chi connectivity index (χ0v) is 19.6. The molecular weight excluding hydrogens is 384 g/mol. The molecule has 170 valence electrons. The lowest BCUT2D eigenvalue weighted by molar-refractivity contribution is 0.0527. The van der Waals surface area contributed by atoms with Gasteiger partial charge >= 0.3 is 6.09 Å². The van der Waals surface area contributed by atoms with Crippen molar-refractivity contribution in [3.63, 3.8) is 0 Å². The van der Waals surface area contributed by atoms with Gasteiger partial charge in [0, 0.05) is 32.1 Å². The van der Waals surface area contributed by atoms with E-state index in [0.29, 0.717) is 37.1 Å². The van der Waals surface area contributed by atoms with Gasteiger partial charge in [-0.25, -0.2) is 4.79 Å². The average molecular weight is 423 g/mol. The van der Waals surface area contributed by atoms with Gasteiger partial charge in [0.2, 0.25) is 0 Å². The zero-order chi connectivity index (χ0) is 22.8. The number of aliphatic imine (C=N–C) groups is 1. The van der Waals surface area contributed by atoms with E-state index in [4.69, 9.17) is 14.2 Å². The maximum atomic E-state index is 11.6. The molecule has 8 heteroatoms. The molecule has 1 aromatic rings. The van der Waals surface area contributed by atoms with Crippen LogP contribution in [-0.2, 0) is 10.2 Å². The average Bonchev–Trinajstić information content (AvgIpc) is 2.68. The molecule has 0 aromatic heterocycles. The molecule has 3 N–H and O–H groups in total. The van der Waals surface area contributed by atoms with E-state index in [1.807, 2.05) is 39.0 Å². The number of nitrogens with zero attached hydrogens (tertiary/aromatic N) is 1. The molecule has 1 amide bonds. The maximum Gasteiger partial charge on any atom is 0.407 e. The van der Waals surface area contributed by atoms with Crippen LogP contribution in [-0.4, -0.2) is 58.6 Å². The van der Waals surface area contributed by atoms with Gasteiger partial charge in [0.1, 0.15) is 5.60 Å². The molecule has 0 aliphatic rings. The summed E-state index contributed by atoms with van der Waals surface area (Å²) in [6, 6.07) is 5.96. The molecule has 0 saturated carbocycles. The quantitative estimate of drug-likeness (QED) is 0.322. The fourth-order valence-electron chi connectivity index (χ4n) is 2.68. The molecule has 0 radical (unpaired) electrons. The van der Waals surface area contributed by atoms with Crippen molar-refractivity contribution in [3.05, 3.63) is 23.8 Å². The smallest absolute Gasteiger partial charge is 0.407 e. The van der Waals surface area contributed by atoms with Crippen LogP contribution in [0.2, 0.25) is 0 Å². The largest absolute Gasteiger partial charge is 0.493 e. The number of carbonyl (C=O) groups is 1. The minimum absolute atomic E-state index is 0.157. The van der Waals surface area contributed by atoms with E-state index in [1.165, 1.54) is 0 Å². The van der Waals surface area contributed by atoms with Crippen molar-refractivity contribution >= 4 is 12.1 Å². The summed E-state index contributed by atoms with van der Waals surface area (Å²) in [7, 11) is 5.00. The molecule has 0 saturated heterocycles. The number of amides is 1. The number of benzene rings is 1. The Bertz CT molecular complexity index is 712. The highest BCUT2D eigenvalue weighted by Gasteiger charge is 2.23. The number of nitrogens with one attached hydrogen (secondary N) is 3. The molecule has 0 heterocycles.